The molecule has 1 rings (SSSR count). The molecule has 0 aromatic heterocycles. The molecule has 4 nitrogen and oxygen atoms in total. The average Bonchev–Trinajstić information content (AvgIpc) is 2.93. The number of methoxy groups -OCH3 is 1. The lowest BCUT2D eigenvalue weighted by Gasteiger charge is -2.34. The monoisotopic (exact) mass is 272 g/mol. The Kier molecular flexibility index (Phi) is 8.62. The molecule has 3 atom stereocenters. The summed E-state index contributed by atoms with van der Waals surface area (Å²) >= 11 is 0. The molecule has 1 heterocycles. The van der Waals surface area contributed by atoms with Crippen molar-refractivity contribution in [3.63, 3.8) is 0 Å². The van der Waals surface area contributed by atoms with Gasteiger partial charge in [0.1, 0.15) is 0 Å². The fraction of sp³-hybridized carbons (Fsp3) is 1.00. The normalized spacial score (nSPS) is 22.9. The lowest BCUT2D eigenvalue weighted by molar-refractivity contribution is 0.0868. The van der Waals surface area contributed by atoms with Gasteiger partial charge >= 0.3 is 0 Å². The Morgan fingerprint density at radius 3 is 2.74 bits per heavy atom. The summed E-state index contributed by atoms with van der Waals surface area (Å²) in [5.41, 5.74) is 0. The first-order valence-corrected chi connectivity index (χ1v) is 7.77. The molecule has 114 valence electrons. The molecular weight excluding hydrogens is 240 g/mol. The van der Waals surface area contributed by atoms with E-state index < -0.39 is 0 Å². The van der Waals surface area contributed by atoms with E-state index in [0.29, 0.717) is 18.0 Å². The molecule has 0 aromatic rings. The van der Waals surface area contributed by atoms with Gasteiger partial charge in [-0.1, -0.05) is 13.8 Å². The summed E-state index contributed by atoms with van der Waals surface area (Å²) in [4.78, 5) is 2.51. The molecule has 4 heteroatoms. The van der Waals surface area contributed by atoms with Crippen LogP contribution in [0.2, 0.25) is 0 Å². The minimum absolute atomic E-state index is 0.475. The lowest BCUT2D eigenvalue weighted by Crippen LogP contribution is -2.49. The van der Waals surface area contributed by atoms with E-state index >= 15 is 0 Å². The SMILES string of the molecule is CCCNC(CN(CC)C(C)COC)C1CCOC1. The Labute approximate surface area is 118 Å². The smallest absolute Gasteiger partial charge is 0.0615 e. The average molecular weight is 272 g/mol. The summed E-state index contributed by atoms with van der Waals surface area (Å²) in [6, 6.07) is 1.02. The third-order valence-electron chi connectivity index (χ3n) is 4.06. The van der Waals surface area contributed by atoms with Crippen LogP contribution >= 0.6 is 0 Å². The highest BCUT2D eigenvalue weighted by Crippen LogP contribution is 2.18. The van der Waals surface area contributed by atoms with Crippen molar-refractivity contribution in [3.8, 4) is 0 Å². The summed E-state index contributed by atoms with van der Waals surface area (Å²) in [7, 11) is 1.78. The van der Waals surface area contributed by atoms with Crippen LogP contribution in [0.1, 0.15) is 33.6 Å². The van der Waals surface area contributed by atoms with E-state index in [-0.39, 0.29) is 0 Å². The van der Waals surface area contributed by atoms with Gasteiger partial charge in [-0.05, 0) is 32.9 Å². The largest absolute Gasteiger partial charge is 0.383 e. The van der Waals surface area contributed by atoms with Gasteiger partial charge < -0.3 is 14.8 Å². The second kappa shape index (κ2) is 9.70. The van der Waals surface area contributed by atoms with Crippen molar-refractivity contribution in [1.82, 2.24) is 10.2 Å². The predicted octanol–water partition coefficient (Wildman–Crippen LogP) is 1.75. The van der Waals surface area contributed by atoms with Gasteiger partial charge in [0.15, 0.2) is 0 Å². The van der Waals surface area contributed by atoms with Crippen molar-refractivity contribution in [2.45, 2.75) is 45.7 Å². The van der Waals surface area contributed by atoms with E-state index in [9.17, 15) is 0 Å². The molecule has 0 saturated carbocycles. The molecule has 3 unspecified atom stereocenters. The third-order valence-corrected chi connectivity index (χ3v) is 4.06. The van der Waals surface area contributed by atoms with Crippen molar-refractivity contribution >= 4 is 0 Å². The fourth-order valence-electron chi connectivity index (χ4n) is 2.80. The number of hydrogen-bond donors (Lipinski definition) is 1. The van der Waals surface area contributed by atoms with Crippen LogP contribution in [-0.2, 0) is 9.47 Å². The summed E-state index contributed by atoms with van der Waals surface area (Å²) in [6.45, 7) is 12.6. The quantitative estimate of drug-likeness (QED) is 0.657. The highest BCUT2D eigenvalue weighted by Gasteiger charge is 2.27. The van der Waals surface area contributed by atoms with Gasteiger partial charge in [0.05, 0.1) is 13.2 Å². The molecule has 0 amide bonds. The first-order valence-electron chi connectivity index (χ1n) is 7.77. The molecular formula is C15H32N2O2. The lowest BCUT2D eigenvalue weighted by atomic mass is 9.97. The number of ether oxygens (including phenoxy) is 2. The molecule has 1 N–H and O–H groups in total. The van der Waals surface area contributed by atoms with Gasteiger partial charge in [0, 0.05) is 38.3 Å². The van der Waals surface area contributed by atoms with Crippen LogP contribution in [0.25, 0.3) is 0 Å². The fourth-order valence-corrected chi connectivity index (χ4v) is 2.80. The molecule has 19 heavy (non-hydrogen) atoms. The third kappa shape index (κ3) is 5.78. The molecule has 1 saturated heterocycles. The number of nitrogens with one attached hydrogen (secondary N) is 1. The van der Waals surface area contributed by atoms with Crippen LogP contribution in [0.3, 0.4) is 0 Å². The van der Waals surface area contributed by atoms with Gasteiger partial charge in [0.25, 0.3) is 0 Å². The molecule has 0 aromatic carbocycles. The topological polar surface area (TPSA) is 33.7 Å². The van der Waals surface area contributed by atoms with E-state index in [4.69, 9.17) is 9.47 Å². The summed E-state index contributed by atoms with van der Waals surface area (Å²) in [6.07, 6.45) is 2.38. The maximum atomic E-state index is 5.56. The van der Waals surface area contributed by atoms with Crippen molar-refractivity contribution in [2.75, 3.05) is 46.6 Å². The van der Waals surface area contributed by atoms with Gasteiger partial charge in [-0.15, -0.1) is 0 Å². The van der Waals surface area contributed by atoms with Crippen LogP contribution in [0.4, 0.5) is 0 Å². The second-order valence-corrected chi connectivity index (χ2v) is 5.58. The van der Waals surface area contributed by atoms with E-state index in [1.807, 2.05) is 0 Å². The Morgan fingerprint density at radius 2 is 2.21 bits per heavy atom. The molecule has 1 aliphatic heterocycles. The Bertz CT molecular complexity index is 220. The molecule has 0 radical (unpaired) electrons. The zero-order valence-electron chi connectivity index (χ0n) is 13.2. The van der Waals surface area contributed by atoms with Crippen LogP contribution in [-0.4, -0.2) is 63.5 Å². The zero-order valence-corrected chi connectivity index (χ0v) is 13.2. The minimum Gasteiger partial charge on any atom is -0.383 e. The van der Waals surface area contributed by atoms with Gasteiger partial charge in [-0.2, -0.15) is 0 Å². The molecule has 0 spiro atoms. The highest BCUT2D eigenvalue weighted by molar-refractivity contribution is 4.83. The van der Waals surface area contributed by atoms with Gasteiger partial charge in [0.2, 0.25) is 0 Å². The number of hydrogen-bond acceptors (Lipinski definition) is 4. The van der Waals surface area contributed by atoms with Crippen LogP contribution in [0.15, 0.2) is 0 Å². The van der Waals surface area contributed by atoms with Crippen molar-refractivity contribution in [2.24, 2.45) is 5.92 Å². The van der Waals surface area contributed by atoms with Gasteiger partial charge in [-0.3, -0.25) is 4.90 Å². The number of nitrogens with zero attached hydrogens (tertiary/aromatic N) is 1. The van der Waals surface area contributed by atoms with Crippen molar-refractivity contribution in [3.05, 3.63) is 0 Å². The maximum absolute atomic E-state index is 5.56. The van der Waals surface area contributed by atoms with E-state index in [2.05, 4.69) is 31.0 Å². The molecule has 0 bridgehead atoms. The molecule has 1 fully saturated rings. The van der Waals surface area contributed by atoms with Crippen molar-refractivity contribution in [1.29, 1.82) is 0 Å². The van der Waals surface area contributed by atoms with Crippen LogP contribution < -0.4 is 5.32 Å². The summed E-state index contributed by atoms with van der Waals surface area (Å²) in [5, 5.41) is 3.71. The predicted molar refractivity (Wildman–Crippen MR) is 79.6 cm³/mol. The van der Waals surface area contributed by atoms with E-state index in [1.165, 1.54) is 12.8 Å². The zero-order chi connectivity index (χ0) is 14.1. The first-order chi connectivity index (χ1) is 9.22. The first kappa shape index (κ1) is 16.9. The summed E-state index contributed by atoms with van der Waals surface area (Å²) < 4.78 is 10.8. The number of rotatable bonds is 10. The standard InChI is InChI=1S/C15H32N2O2/c1-5-8-16-15(14-7-9-19-12-14)10-17(6-2)13(3)11-18-4/h13-16H,5-12H2,1-4H3. The summed E-state index contributed by atoms with van der Waals surface area (Å²) in [5.74, 6) is 0.662. The van der Waals surface area contributed by atoms with Crippen molar-refractivity contribution < 1.29 is 9.47 Å². The number of likely N-dealkylation sites (N-methyl/N-ethyl adjacent to an activating group) is 1. The van der Waals surface area contributed by atoms with Crippen LogP contribution in [0, 0.1) is 5.92 Å². The Morgan fingerprint density at radius 1 is 1.42 bits per heavy atom. The minimum atomic E-state index is 0.475. The molecule has 1 aliphatic rings. The Balaban J connectivity index is 2.52. The second-order valence-electron chi connectivity index (χ2n) is 5.58. The van der Waals surface area contributed by atoms with E-state index in [0.717, 1.165) is 39.5 Å². The van der Waals surface area contributed by atoms with E-state index in [1.54, 1.807) is 7.11 Å². The Hall–Kier alpha value is -0.160. The maximum Gasteiger partial charge on any atom is 0.0615 e. The van der Waals surface area contributed by atoms with Crippen LogP contribution in [0.5, 0.6) is 0 Å². The highest BCUT2D eigenvalue weighted by atomic mass is 16.5. The van der Waals surface area contributed by atoms with Gasteiger partial charge in [-0.25, -0.2) is 0 Å². The molecule has 0 aliphatic carbocycles.